The number of hydrogen-bond donors (Lipinski definition) is 0. The number of thiocarbonyl (C=S) groups is 1. The van der Waals surface area contributed by atoms with Gasteiger partial charge in [-0.15, -0.1) is 0 Å². The molecule has 36 heavy (non-hydrogen) atoms. The Morgan fingerprint density at radius 1 is 1.11 bits per heavy atom. The summed E-state index contributed by atoms with van der Waals surface area (Å²) in [5, 5.41) is 11.3. The molecule has 7 nitrogen and oxygen atoms in total. The highest BCUT2D eigenvalue weighted by molar-refractivity contribution is 9.10. The molecule has 11 heteroatoms. The van der Waals surface area contributed by atoms with Crippen molar-refractivity contribution in [2.24, 2.45) is 0 Å². The first-order valence-electron chi connectivity index (χ1n) is 10.6. The minimum Gasteiger partial charge on any atom is -0.490 e. The molecule has 0 saturated carbocycles. The molecule has 184 valence electrons. The van der Waals surface area contributed by atoms with Crippen LogP contribution < -0.4 is 14.4 Å². The van der Waals surface area contributed by atoms with E-state index in [1.54, 1.807) is 48.5 Å². The first kappa shape index (κ1) is 26.2. The number of rotatable bonds is 8. The Kier molecular flexibility index (Phi) is 8.30. The van der Waals surface area contributed by atoms with E-state index in [0.717, 1.165) is 15.6 Å². The largest absolute Gasteiger partial charge is 0.490 e. The van der Waals surface area contributed by atoms with E-state index in [-0.39, 0.29) is 18.2 Å². The van der Waals surface area contributed by atoms with Crippen LogP contribution >= 0.6 is 51.5 Å². The monoisotopic (exact) mass is 604 g/mol. The second kappa shape index (κ2) is 11.4. The third-order valence-corrected chi connectivity index (χ3v) is 7.60. The molecule has 3 aromatic rings. The van der Waals surface area contributed by atoms with Crippen LogP contribution in [0.2, 0.25) is 5.02 Å². The Morgan fingerprint density at radius 3 is 2.53 bits per heavy atom. The summed E-state index contributed by atoms with van der Waals surface area (Å²) in [5.41, 5.74) is 2.14. The van der Waals surface area contributed by atoms with Crippen LogP contribution in [0.15, 0.2) is 70.0 Å². The zero-order valence-electron chi connectivity index (χ0n) is 18.8. The van der Waals surface area contributed by atoms with Gasteiger partial charge >= 0.3 is 0 Å². The third-order valence-electron chi connectivity index (χ3n) is 5.06. The lowest BCUT2D eigenvalue weighted by Gasteiger charge is -2.15. The maximum Gasteiger partial charge on any atom is 0.270 e. The van der Waals surface area contributed by atoms with Crippen LogP contribution in [-0.4, -0.2) is 21.8 Å². The van der Waals surface area contributed by atoms with E-state index in [9.17, 15) is 14.9 Å². The highest BCUT2D eigenvalue weighted by Gasteiger charge is 2.33. The number of ether oxygens (including phenoxy) is 2. The number of non-ortho nitro benzene ring substituents is 1. The van der Waals surface area contributed by atoms with Crippen molar-refractivity contribution in [3.8, 4) is 11.5 Å². The smallest absolute Gasteiger partial charge is 0.270 e. The van der Waals surface area contributed by atoms with Crippen LogP contribution in [0.4, 0.5) is 11.4 Å². The standard InChI is InChI=1S/C25H18BrClN2O5S2/c1-2-33-22-11-16(5-10-21(22)34-14-15-3-6-17(7-4-15)29(31)32)12-23-24(30)28(25(35)36-23)18-8-9-19(26)20(27)13-18/h3-13H,2,14H2,1H3/b23-12+. The lowest BCUT2D eigenvalue weighted by molar-refractivity contribution is -0.384. The fraction of sp³-hybridized carbons (Fsp3) is 0.120. The Balaban J connectivity index is 1.53. The van der Waals surface area contributed by atoms with Crippen molar-refractivity contribution in [2.75, 3.05) is 11.5 Å². The van der Waals surface area contributed by atoms with Gasteiger partial charge < -0.3 is 9.47 Å². The third kappa shape index (κ3) is 5.89. The van der Waals surface area contributed by atoms with E-state index in [4.69, 9.17) is 33.3 Å². The number of nitro benzene ring substituents is 1. The first-order chi connectivity index (χ1) is 17.3. The van der Waals surface area contributed by atoms with E-state index in [0.29, 0.717) is 38.0 Å². The number of carbonyl (C=O) groups is 1. The molecule has 0 atom stereocenters. The minimum atomic E-state index is -0.446. The summed E-state index contributed by atoms with van der Waals surface area (Å²) in [6, 6.07) is 16.8. The van der Waals surface area contributed by atoms with Gasteiger partial charge in [-0.3, -0.25) is 19.8 Å². The Bertz CT molecular complexity index is 1380. The SMILES string of the molecule is CCOc1cc(/C=C2/SC(=S)N(c3ccc(Br)c(Cl)c3)C2=O)ccc1OCc1ccc([N+](=O)[O-])cc1. The number of thioether (sulfide) groups is 1. The van der Waals surface area contributed by atoms with Crippen molar-refractivity contribution >= 4 is 79.2 Å². The van der Waals surface area contributed by atoms with Gasteiger partial charge in [0.15, 0.2) is 15.8 Å². The summed E-state index contributed by atoms with van der Waals surface area (Å²) in [5.74, 6) is 0.799. The summed E-state index contributed by atoms with van der Waals surface area (Å²) in [6.07, 6.45) is 1.75. The number of anilines is 1. The molecule has 0 bridgehead atoms. The number of halogens is 2. The number of carbonyl (C=O) groups excluding carboxylic acids is 1. The van der Waals surface area contributed by atoms with Gasteiger partial charge in [-0.1, -0.05) is 41.6 Å². The molecule has 1 aliphatic rings. The van der Waals surface area contributed by atoms with Gasteiger partial charge in [-0.2, -0.15) is 0 Å². The Labute approximate surface area is 230 Å². The summed E-state index contributed by atoms with van der Waals surface area (Å²) in [7, 11) is 0. The molecule has 0 unspecified atom stereocenters. The van der Waals surface area contributed by atoms with Crippen molar-refractivity contribution in [2.45, 2.75) is 13.5 Å². The van der Waals surface area contributed by atoms with E-state index >= 15 is 0 Å². The fourth-order valence-electron chi connectivity index (χ4n) is 3.34. The van der Waals surface area contributed by atoms with E-state index in [1.165, 1.54) is 28.8 Å². The molecule has 1 amide bonds. The zero-order valence-corrected chi connectivity index (χ0v) is 22.7. The normalized spacial score (nSPS) is 14.4. The molecule has 1 saturated heterocycles. The molecule has 0 aliphatic carbocycles. The zero-order chi connectivity index (χ0) is 25.8. The molecule has 3 aromatic carbocycles. The van der Waals surface area contributed by atoms with Crippen LogP contribution in [0.1, 0.15) is 18.1 Å². The predicted octanol–water partition coefficient (Wildman–Crippen LogP) is 7.39. The number of nitrogens with zero attached hydrogens (tertiary/aromatic N) is 2. The highest BCUT2D eigenvalue weighted by atomic mass is 79.9. The molecule has 1 aliphatic heterocycles. The number of amides is 1. The van der Waals surface area contributed by atoms with Crippen LogP contribution in [-0.2, 0) is 11.4 Å². The number of hydrogen-bond acceptors (Lipinski definition) is 7. The van der Waals surface area contributed by atoms with E-state index < -0.39 is 4.92 Å². The van der Waals surface area contributed by atoms with Gasteiger partial charge in [-0.05, 0) is 82.5 Å². The van der Waals surface area contributed by atoms with Crippen LogP contribution in [0.25, 0.3) is 6.08 Å². The predicted molar refractivity (Wildman–Crippen MR) is 150 cm³/mol. The number of nitro groups is 1. The molecule has 0 radical (unpaired) electrons. The van der Waals surface area contributed by atoms with E-state index in [2.05, 4.69) is 15.9 Å². The van der Waals surface area contributed by atoms with Gasteiger partial charge in [0.25, 0.3) is 11.6 Å². The molecular weight excluding hydrogens is 588 g/mol. The van der Waals surface area contributed by atoms with Gasteiger partial charge in [0, 0.05) is 16.6 Å². The molecular formula is C25H18BrClN2O5S2. The molecule has 0 N–H and O–H groups in total. The quantitative estimate of drug-likeness (QED) is 0.115. The van der Waals surface area contributed by atoms with Crippen LogP contribution in [0.5, 0.6) is 11.5 Å². The summed E-state index contributed by atoms with van der Waals surface area (Å²) in [4.78, 5) is 25.4. The maximum atomic E-state index is 13.1. The summed E-state index contributed by atoms with van der Waals surface area (Å²) >= 11 is 16.2. The molecule has 1 fully saturated rings. The topological polar surface area (TPSA) is 81.9 Å². The van der Waals surface area contributed by atoms with Crippen LogP contribution in [0, 0.1) is 10.1 Å². The average molecular weight is 606 g/mol. The lowest BCUT2D eigenvalue weighted by atomic mass is 10.1. The minimum absolute atomic E-state index is 0.0201. The van der Waals surface area contributed by atoms with Crippen molar-refractivity contribution in [1.29, 1.82) is 0 Å². The summed E-state index contributed by atoms with van der Waals surface area (Å²) < 4.78 is 12.8. The van der Waals surface area contributed by atoms with Crippen molar-refractivity contribution in [3.05, 3.63) is 96.3 Å². The molecule has 1 heterocycles. The first-order valence-corrected chi connectivity index (χ1v) is 13.0. The van der Waals surface area contributed by atoms with Gasteiger partial charge in [0.2, 0.25) is 0 Å². The van der Waals surface area contributed by atoms with Crippen LogP contribution in [0.3, 0.4) is 0 Å². The fourth-order valence-corrected chi connectivity index (χ4v) is 5.06. The van der Waals surface area contributed by atoms with Gasteiger partial charge in [0.1, 0.15) is 6.61 Å². The van der Waals surface area contributed by atoms with E-state index in [1.807, 2.05) is 13.0 Å². The highest BCUT2D eigenvalue weighted by Crippen LogP contribution is 2.39. The second-order valence-electron chi connectivity index (χ2n) is 7.47. The Morgan fingerprint density at radius 2 is 1.86 bits per heavy atom. The maximum absolute atomic E-state index is 13.1. The van der Waals surface area contributed by atoms with Crippen molar-refractivity contribution in [3.63, 3.8) is 0 Å². The van der Waals surface area contributed by atoms with Crippen molar-refractivity contribution in [1.82, 2.24) is 0 Å². The number of benzene rings is 3. The second-order valence-corrected chi connectivity index (χ2v) is 10.4. The molecule has 4 rings (SSSR count). The molecule has 0 aromatic heterocycles. The van der Waals surface area contributed by atoms with Gasteiger partial charge in [0.05, 0.1) is 27.1 Å². The summed E-state index contributed by atoms with van der Waals surface area (Å²) in [6.45, 7) is 2.50. The van der Waals surface area contributed by atoms with Gasteiger partial charge in [-0.25, -0.2) is 0 Å². The average Bonchev–Trinajstić information content (AvgIpc) is 3.13. The Hall–Kier alpha value is -2.92. The lowest BCUT2D eigenvalue weighted by Crippen LogP contribution is -2.27. The molecule has 0 spiro atoms. The van der Waals surface area contributed by atoms with Crippen molar-refractivity contribution < 1.29 is 19.2 Å².